The van der Waals surface area contributed by atoms with Crippen LogP contribution in [0.3, 0.4) is 0 Å². The molecule has 0 bridgehead atoms. The maximum atomic E-state index is 11.7. The van der Waals surface area contributed by atoms with Crippen LogP contribution in [0.5, 0.6) is 0 Å². The molecule has 0 fully saturated rings. The van der Waals surface area contributed by atoms with Gasteiger partial charge >= 0.3 is 0 Å². The van der Waals surface area contributed by atoms with Gasteiger partial charge < -0.3 is 0 Å². The van der Waals surface area contributed by atoms with Crippen LogP contribution in [0.1, 0.15) is 10.4 Å². The number of aromatic nitrogens is 5. The predicted octanol–water partition coefficient (Wildman–Crippen LogP) is 5.01. The Bertz CT molecular complexity index is 1370. The van der Waals surface area contributed by atoms with Crippen LogP contribution in [0.25, 0.3) is 39.4 Å². The first-order chi connectivity index (χ1) is 14.7. The normalized spacial score (nSPS) is 11.0. The second-order valence-corrected chi connectivity index (χ2v) is 7.07. The zero-order valence-corrected chi connectivity index (χ0v) is 16.4. The smallest absolute Gasteiger partial charge is 0.251 e. The van der Waals surface area contributed by atoms with Crippen LogP contribution in [0.15, 0.2) is 79.3 Å². The molecule has 0 aliphatic rings. The Balaban J connectivity index is 1.74. The zero-order chi connectivity index (χ0) is 20.5. The number of carbonyl (C=O) groups excluding carboxylic acids is 1. The van der Waals surface area contributed by atoms with Gasteiger partial charge in [-0.05, 0) is 30.3 Å². The molecule has 2 aromatic carbocycles. The van der Waals surface area contributed by atoms with E-state index in [-0.39, 0.29) is 0 Å². The molecule has 5 rings (SSSR count). The fourth-order valence-electron chi connectivity index (χ4n) is 3.32. The minimum Gasteiger partial charge on any atom is -0.298 e. The van der Waals surface area contributed by atoms with Gasteiger partial charge in [0.15, 0.2) is 6.29 Å². The van der Waals surface area contributed by atoms with E-state index in [2.05, 4.69) is 15.1 Å². The number of rotatable bonds is 4. The van der Waals surface area contributed by atoms with E-state index in [1.54, 1.807) is 36.8 Å². The Hall–Kier alpha value is -3.90. The molecular formula is C23H14ClN5O. The predicted molar refractivity (Wildman–Crippen MR) is 116 cm³/mol. The van der Waals surface area contributed by atoms with Crippen molar-refractivity contribution in [3.8, 4) is 28.5 Å². The molecule has 0 aliphatic heterocycles. The van der Waals surface area contributed by atoms with E-state index in [9.17, 15) is 4.79 Å². The summed E-state index contributed by atoms with van der Waals surface area (Å²) < 4.78 is 1.53. The topological polar surface area (TPSA) is 73.6 Å². The Labute approximate surface area is 176 Å². The van der Waals surface area contributed by atoms with Gasteiger partial charge in [0.1, 0.15) is 5.69 Å². The number of carbonyl (C=O) groups is 1. The molecule has 0 unspecified atom stereocenters. The maximum Gasteiger partial charge on any atom is 0.251 e. The van der Waals surface area contributed by atoms with Crippen molar-refractivity contribution in [1.82, 2.24) is 24.7 Å². The van der Waals surface area contributed by atoms with Crippen LogP contribution >= 0.6 is 11.6 Å². The van der Waals surface area contributed by atoms with Crippen LogP contribution in [-0.2, 0) is 0 Å². The van der Waals surface area contributed by atoms with Crippen molar-refractivity contribution in [2.75, 3.05) is 0 Å². The second kappa shape index (κ2) is 7.50. The van der Waals surface area contributed by atoms with E-state index in [4.69, 9.17) is 16.6 Å². The van der Waals surface area contributed by atoms with Gasteiger partial charge in [-0.3, -0.25) is 9.78 Å². The van der Waals surface area contributed by atoms with Crippen molar-refractivity contribution in [3.63, 3.8) is 0 Å². The third kappa shape index (κ3) is 3.23. The quantitative estimate of drug-likeness (QED) is 0.388. The van der Waals surface area contributed by atoms with Gasteiger partial charge in [0.05, 0.1) is 16.8 Å². The van der Waals surface area contributed by atoms with Crippen LogP contribution in [-0.4, -0.2) is 31.0 Å². The SMILES string of the molecule is O=Cc1cn(-c2nc(-c3ccccc3)c3cc(Cl)ccc3n2)nc1-c1ccncc1. The minimum absolute atomic E-state index is 0.368. The highest BCUT2D eigenvalue weighted by atomic mass is 35.5. The number of nitrogens with zero attached hydrogens (tertiary/aromatic N) is 5. The van der Waals surface area contributed by atoms with Gasteiger partial charge in [-0.25, -0.2) is 14.6 Å². The number of hydrogen-bond acceptors (Lipinski definition) is 5. The lowest BCUT2D eigenvalue weighted by Crippen LogP contribution is -2.04. The molecule has 7 heteroatoms. The molecule has 0 saturated carbocycles. The van der Waals surface area contributed by atoms with Crippen LogP contribution in [0, 0.1) is 0 Å². The fourth-order valence-corrected chi connectivity index (χ4v) is 3.49. The van der Waals surface area contributed by atoms with Gasteiger partial charge in [-0.2, -0.15) is 5.10 Å². The Morgan fingerprint density at radius 2 is 1.63 bits per heavy atom. The summed E-state index contributed by atoms with van der Waals surface area (Å²) in [6.45, 7) is 0. The Kier molecular flexibility index (Phi) is 4.53. The average molecular weight is 412 g/mol. The van der Waals surface area contributed by atoms with Crippen molar-refractivity contribution in [1.29, 1.82) is 0 Å². The zero-order valence-electron chi connectivity index (χ0n) is 15.6. The van der Waals surface area contributed by atoms with Crippen molar-refractivity contribution in [3.05, 3.63) is 89.8 Å². The molecule has 0 saturated heterocycles. The van der Waals surface area contributed by atoms with Gasteiger partial charge in [0, 0.05) is 40.1 Å². The van der Waals surface area contributed by atoms with Crippen molar-refractivity contribution >= 4 is 28.8 Å². The largest absolute Gasteiger partial charge is 0.298 e. The summed E-state index contributed by atoms with van der Waals surface area (Å²) in [7, 11) is 0. The summed E-state index contributed by atoms with van der Waals surface area (Å²) in [5.41, 5.74) is 4.20. The van der Waals surface area contributed by atoms with Crippen LogP contribution in [0.2, 0.25) is 5.02 Å². The third-order valence-electron chi connectivity index (χ3n) is 4.72. The highest BCUT2D eigenvalue weighted by molar-refractivity contribution is 6.31. The second-order valence-electron chi connectivity index (χ2n) is 6.63. The molecule has 5 aromatic rings. The highest BCUT2D eigenvalue weighted by Gasteiger charge is 2.16. The summed E-state index contributed by atoms with van der Waals surface area (Å²) in [6.07, 6.45) is 5.73. The van der Waals surface area contributed by atoms with E-state index in [1.807, 2.05) is 42.5 Å². The van der Waals surface area contributed by atoms with Gasteiger partial charge in [-0.1, -0.05) is 41.9 Å². The Morgan fingerprint density at radius 1 is 0.867 bits per heavy atom. The summed E-state index contributed by atoms with van der Waals surface area (Å²) in [4.78, 5) is 25.1. The Morgan fingerprint density at radius 3 is 2.40 bits per heavy atom. The summed E-state index contributed by atoms with van der Waals surface area (Å²) >= 11 is 6.23. The van der Waals surface area contributed by atoms with E-state index in [0.717, 1.165) is 34.0 Å². The lowest BCUT2D eigenvalue weighted by molar-refractivity contribution is 0.112. The molecular weight excluding hydrogens is 398 g/mol. The molecule has 0 radical (unpaired) electrons. The number of pyridine rings is 1. The van der Waals surface area contributed by atoms with Crippen molar-refractivity contribution in [2.24, 2.45) is 0 Å². The van der Waals surface area contributed by atoms with E-state index >= 15 is 0 Å². The highest BCUT2D eigenvalue weighted by Crippen LogP contribution is 2.29. The molecule has 3 heterocycles. The third-order valence-corrected chi connectivity index (χ3v) is 4.96. The lowest BCUT2D eigenvalue weighted by Gasteiger charge is -2.09. The first-order valence-corrected chi connectivity index (χ1v) is 9.59. The standard InChI is InChI=1S/C23H14ClN5O/c24-18-6-7-20-19(12-18)22(15-4-2-1-3-5-15)27-23(26-20)29-13-17(14-30)21(28-29)16-8-10-25-11-9-16/h1-14H. The van der Waals surface area contributed by atoms with Crippen LogP contribution < -0.4 is 0 Å². The molecule has 6 nitrogen and oxygen atoms in total. The monoisotopic (exact) mass is 411 g/mol. The van der Waals surface area contributed by atoms with E-state index in [0.29, 0.717) is 22.2 Å². The number of halogens is 1. The first kappa shape index (κ1) is 18.1. The van der Waals surface area contributed by atoms with E-state index < -0.39 is 0 Å². The van der Waals surface area contributed by atoms with Crippen LogP contribution in [0.4, 0.5) is 0 Å². The molecule has 144 valence electrons. The molecule has 0 amide bonds. The summed E-state index contributed by atoms with van der Waals surface area (Å²) in [5.74, 6) is 0.368. The summed E-state index contributed by atoms with van der Waals surface area (Å²) in [6, 6.07) is 18.9. The molecule has 0 spiro atoms. The number of fused-ring (bicyclic) bond motifs is 1. The minimum atomic E-state index is 0.368. The molecule has 30 heavy (non-hydrogen) atoms. The van der Waals surface area contributed by atoms with E-state index in [1.165, 1.54) is 4.68 Å². The van der Waals surface area contributed by atoms with Gasteiger partial charge in [0.2, 0.25) is 0 Å². The lowest BCUT2D eigenvalue weighted by atomic mass is 10.1. The molecule has 0 N–H and O–H groups in total. The van der Waals surface area contributed by atoms with Gasteiger partial charge in [0.25, 0.3) is 5.95 Å². The average Bonchev–Trinajstić information content (AvgIpc) is 3.24. The fraction of sp³-hybridized carbons (Fsp3) is 0. The number of benzene rings is 2. The maximum absolute atomic E-state index is 11.7. The molecule has 3 aromatic heterocycles. The van der Waals surface area contributed by atoms with Crippen molar-refractivity contribution in [2.45, 2.75) is 0 Å². The van der Waals surface area contributed by atoms with Crippen molar-refractivity contribution < 1.29 is 4.79 Å². The number of hydrogen-bond donors (Lipinski definition) is 0. The number of aldehydes is 1. The first-order valence-electron chi connectivity index (χ1n) is 9.21. The van der Waals surface area contributed by atoms with Gasteiger partial charge in [-0.15, -0.1) is 0 Å². The molecule has 0 aliphatic carbocycles. The summed E-state index contributed by atoms with van der Waals surface area (Å²) in [5, 5.41) is 6.04. The molecule has 0 atom stereocenters.